The van der Waals surface area contributed by atoms with Crippen molar-refractivity contribution in [1.82, 2.24) is 15.2 Å². The van der Waals surface area contributed by atoms with Crippen LogP contribution in [0, 0.1) is 13.8 Å². The van der Waals surface area contributed by atoms with Crippen LogP contribution < -0.4 is 15.4 Å². The number of hydrogen-bond donors (Lipinski definition) is 2. The number of benzene rings is 1. The minimum absolute atomic E-state index is 0.193. The highest BCUT2D eigenvalue weighted by molar-refractivity contribution is 7.11. The topological polar surface area (TPSA) is 66.5 Å². The molecule has 0 saturated carbocycles. The quantitative estimate of drug-likeness (QED) is 0.840. The average Bonchev–Trinajstić information content (AvgIpc) is 2.95. The van der Waals surface area contributed by atoms with E-state index in [9.17, 15) is 4.79 Å². The van der Waals surface area contributed by atoms with Crippen molar-refractivity contribution in [1.29, 1.82) is 0 Å². The maximum atomic E-state index is 12.3. The minimum Gasteiger partial charge on any atom is -0.488 e. The average molecular weight is 375 g/mol. The molecule has 1 aromatic heterocycles. The number of para-hydroxylation sites is 2. The van der Waals surface area contributed by atoms with Gasteiger partial charge < -0.3 is 20.3 Å². The minimum atomic E-state index is -0.255. The van der Waals surface area contributed by atoms with Crippen LogP contribution in [-0.2, 0) is 6.54 Å². The smallest absolute Gasteiger partial charge is 0.319 e. The summed E-state index contributed by atoms with van der Waals surface area (Å²) in [6.07, 6.45) is 2.19. The van der Waals surface area contributed by atoms with Crippen molar-refractivity contribution in [3.63, 3.8) is 0 Å². The van der Waals surface area contributed by atoms with Crippen molar-refractivity contribution in [3.8, 4) is 5.75 Å². The van der Waals surface area contributed by atoms with Gasteiger partial charge in [-0.15, -0.1) is 11.3 Å². The van der Waals surface area contributed by atoms with Crippen LogP contribution in [0.4, 0.5) is 10.5 Å². The van der Waals surface area contributed by atoms with Gasteiger partial charge in [-0.2, -0.15) is 0 Å². The lowest BCUT2D eigenvalue weighted by molar-refractivity contribution is 0.115. The molecule has 0 unspecified atom stereocenters. The summed E-state index contributed by atoms with van der Waals surface area (Å²) in [7, 11) is 2.13. The summed E-state index contributed by atoms with van der Waals surface area (Å²) < 4.78 is 6.14. The second-order valence-electron chi connectivity index (χ2n) is 6.67. The Bertz CT molecular complexity index is 734. The number of hydrogen-bond acceptors (Lipinski definition) is 5. The lowest BCUT2D eigenvalue weighted by Gasteiger charge is -2.29. The van der Waals surface area contributed by atoms with E-state index in [1.807, 2.05) is 38.1 Å². The number of carbonyl (C=O) groups is 1. The van der Waals surface area contributed by atoms with Gasteiger partial charge in [-0.25, -0.2) is 9.78 Å². The molecule has 1 saturated heterocycles. The van der Waals surface area contributed by atoms with Crippen LogP contribution in [0.5, 0.6) is 5.75 Å². The number of ether oxygens (including phenoxy) is 1. The summed E-state index contributed by atoms with van der Waals surface area (Å²) in [4.78, 5) is 20.2. The predicted molar refractivity (Wildman–Crippen MR) is 105 cm³/mol. The Balaban J connectivity index is 1.56. The number of thiazole rings is 1. The number of rotatable bonds is 5. The van der Waals surface area contributed by atoms with E-state index in [4.69, 9.17) is 4.74 Å². The Hall–Kier alpha value is -2.12. The fourth-order valence-corrected chi connectivity index (χ4v) is 3.77. The SMILES string of the molecule is Cc1nc(CNC(=O)Nc2ccccc2OC2CCN(C)CC2)sc1C. The number of anilines is 1. The van der Waals surface area contributed by atoms with Gasteiger partial charge in [0.25, 0.3) is 0 Å². The fourth-order valence-electron chi connectivity index (χ4n) is 2.89. The zero-order chi connectivity index (χ0) is 18.5. The third kappa shape index (κ3) is 4.95. The van der Waals surface area contributed by atoms with Crippen molar-refractivity contribution < 1.29 is 9.53 Å². The Morgan fingerprint density at radius 1 is 1.31 bits per heavy atom. The number of urea groups is 1. The molecule has 2 amide bonds. The van der Waals surface area contributed by atoms with Crippen LogP contribution in [0.2, 0.25) is 0 Å². The lowest BCUT2D eigenvalue weighted by Crippen LogP contribution is -2.36. The molecule has 7 heteroatoms. The Kier molecular flexibility index (Phi) is 6.11. The van der Waals surface area contributed by atoms with Crippen molar-refractivity contribution in [2.24, 2.45) is 0 Å². The van der Waals surface area contributed by atoms with E-state index in [0.717, 1.165) is 42.4 Å². The first-order valence-corrected chi connectivity index (χ1v) is 9.75. The number of nitrogens with zero attached hydrogens (tertiary/aromatic N) is 2. The second kappa shape index (κ2) is 8.51. The summed E-state index contributed by atoms with van der Waals surface area (Å²) in [5.74, 6) is 0.721. The highest BCUT2D eigenvalue weighted by Crippen LogP contribution is 2.27. The number of carbonyl (C=O) groups excluding carboxylic acids is 1. The Morgan fingerprint density at radius 3 is 2.73 bits per heavy atom. The lowest BCUT2D eigenvalue weighted by atomic mass is 10.1. The van der Waals surface area contributed by atoms with Gasteiger partial charge >= 0.3 is 6.03 Å². The van der Waals surface area contributed by atoms with Gasteiger partial charge in [0.05, 0.1) is 17.9 Å². The summed E-state index contributed by atoms with van der Waals surface area (Å²) >= 11 is 1.61. The first-order chi connectivity index (χ1) is 12.5. The molecule has 140 valence electrons. The summed E-state index contributed by atoms with van der Waals surface area (Å²) in [6, 6.07) is 7.33. The molecular weight excluding hydrogens is 348 g/mol. The first-order valence-electron chi connectivity index (χ1n) is 8.93. The van der Waals surface area contributed by atoms with Crippen LogP contribution in [0.15, 0.2) is 24.3 Å². The van der Waals surface area contributed by atoms with Crippen molar-refractivity contribution in [2.75, 3.05) is 25.5 Å². The maximum absolute atomic E-state index is 12.3. The number of likely N-dealkylation sites (tertiary alicyclic amines) is 1. The number of aromatic nitrogens is 1. The largest absolute Gasteiger partial charge is 0.488 e. The van der Waals surface area contributed by atoms with E-state index >= 15 is 0 Å². The van der Waals surface area contributed by atoms with Gasteiger partial charge in [0, 0.05) is 18.0 Å². The molecular formula is C19H26N4O2S. The van der Waals surface area contributed by atoms with E-state index in [1.54, 1.807) is 11.3 Å². The van der Waals surface area contributed by atoms with E-state index in [1.165, 1.54) is 4.88 Å². The second-order valence-corrected chi connectivity index (χ2v) is 7.96. The maximum Gasteiger partial charge on any atom is 0.319 e. The number of nitrogens with one attached hydrogen (secondary N) is 2. The van der Waals surface area contributed by atoms with Crippen molar-refractivity contribution in [3.05, 3.63) is 39.8 Å². The molecule has 3 rings (SSSR count). The van der Waals surface area contributed by atoms with E-state index in [-0.39, 0.29) is 12.1 Å². The van der Waals surface area contributed by atoms with Crippen LogP contribution in [-0.4, -0.2) is 42.2 Å². The zero-order valence-electron chi connectivity index (χ0n) is 15.5. The van der Waals surface area contributed by atoms with Crippen molar-refractivity contribution in [2.45, 2.75) is 39.3 Å². The number of aryl methyl sites for hydroxylation is 2. The standard InChI is InChI=1S/C19H26N4O2S/c1-13-14(2)26-18(21-13)12-20-19(24)22-16-6-4-5-7-17(16)25-15-8-10-23(3)11-9-15/h4-7,15H,8-12H2,1-3H3,(H2,20,22,24). The van der Waals surface area contributed by atoms with Crippen LogP contribution in [0.3, 0.4) is 0 Å². The molecule has 2 aromatic rings. The molecule has 6 nitrogen and oxygen atoms in total. The molecule has 1 aromatic carbocycles. The first kappa shape index (κ1) is 18.7. The Labute approximate surface area is 158 Å². The van der Waals surface area contributed by atoms with E-state index < -0.39 is 0 Å². The van der Waals surface area contributed by atoms with Crippen LogP contribution in [0.25, 0.3) is 0 Å². The molecule has 2 heterocycles. The number of piperidine rings is 1. The third-order valence-corrected chi connectivity index (χ3v) is 5.64. The molecule has 26 heavy (non-hydrogen) atoms. The third-order valence-electron chi connectivity index (χ3n) is 4.57. The molecule has 0 radical (unpaired) electrons. The summed E-state index contributed by atoms with van der Waals surface area (Å²) in [6.45, 7) is 6.50. The number of amides is 2. The van der Waals surface area contributed by atoms with E-state index in [2.05, 4.69) is 27.6 Å². The van der Waals surface area contributed by atoms with Crippen molar-refractivity contribution >= 4 is 23.1 Å². The molecule has 2 N–H and O–H groups in total. The predicted octanol–water partition coefficient (Wildman–Crippen LogP) is 3.55. The molecule has 0 aliphatic carbocycles. The summed E-state index contributed by atoms with van der Waals surface area (Å²) in [5.41, 5.74) is 1.71. The molecule has 0 spiro atoms. The van der Waals surface area contributed by atoms with Gasteiger partial charge in [0.1, 0.15) is 16.9 Å². The van der Waals surface area contributed by atoms with Crippen LogP contribution >= 0.6 is 11.3 Å². The molecule has 0 bridgehead atoms. The van der Waals surface area contributed by atoms with Gasteiger partial charge in [0.2, 0.25) is 0 Å². The Morgan fingerprint density at radius 2 is 2.04 bits per heavy atom. The molecule has 1 aliphatic heterocycles. The molecule has 0 atom stereocenters. The highest BCUT2D eigenvalue weighted by atomic mass is 32.1. The highest BCUT2D eigenvalue weighted by Gasteiger charge is 2.19. The van der Waals surface area contributed by atoms with Gasteiger partial charge in [0.15, 0.2) is 0 Å². The van der Waals surface area contributed by atoms with E-state index in [0.29, 0.717) is 12.2 Å². The monoisotopic (exact) mass is 374 g/mol. The normalized spacial score (nSPS) is 15.7. The van der Waals surface area contributed by atoms with Gasteiger partial charge in [-0.05, 0) is 45.9 Å². The van der Waals surface area contributed by atoms with Crippen LogP contribution in [0.1, 0.15) is 28.4 Å². The van der Waals surface area contributed by atoms with Gasteiger partial charge in [-0.1, -0.05) is 12.1 Å². The van der Waals surface area contributed by atoms with Gasteiger partial charge in [-0.3, -0.25) is 0 Å². The molecule has 1 aliphatic rings. The zero-order valence-corrected chi connectivity index (χ0v) is 16.4. The molecule has 1 fully saturated rings. The summed E-state index contributed by atoms with van der Waals surface area (Å²) in [5, 5.41) is 6.66. The fraction of sp³-hybridized carbons (Fsp3) is 0.474.